The number of amides is 1. The van der Waals surface area contributed by atoms with E-state index >= 15 is 0 Å². The van der Waals surface area contributed by atoms with Crippen molar-refractivity contribution in [2.75, 3.05) is 25.5 Å². The molecule has 5 nitrogen and oxygen atoms in total. The van der Waals surface area contributed by atoms with Crippen molar-refractivity contribution in [2.24, 2.45) is 0 Å². The van der Waals surface area contributed by atoms with Crippen LogP contribution in [0.15, 0.2) is 66.9 Å². The molecule has 0 radical (unpaired) electrons. The quantitative estimate of drug-likeness (QED) is 0.660. The third kappa shape index (κ3) is 4.65. The Morgan fingerprint density at radius 2 is 1.86 bits per heavy atom. The largest absolute Gasteiger partial charge is 0.491 e. The van der Waals surface area contributed by atoms with E-state index in [0.717, 1.165) is 11.3 Å². The number of anilines is 2. The van der Waals surface area contributed by atoms with Crippen LogP contribution in [0, 0.1) is 12.7 Å². The Kier molecular flexibility index (Phi) is 6.22. The van der Waals surface area contributed by atoms with E-state index in [9.17, 15) is 9.18 Å². The molecule has 1 amide bonds. The molecule has 144 valence electrons. The summed E-state index contributed by atoms with van der Waals surface area (Å²) >= 11 is 0. The van der Waals surface area contributed by atoms with Crippen molar-refractivity contribution in [3.8, 4) is 5.75 Å². The lowest BCUT2D eigenvalue weighted by Gasteiger charge is -2.19. The summed E-state index contributed by atoms with van der Waals surface area (Å²) in [6.07, 6.45) is 1.56. The molecule has 0 bridgehead atoms. The minimum absolute atomic E-state index is 0.222. The first-order valence-electron chi connectivity index (χ1n) is 8.96. The zero-order valence-corrected chi connectivity index (χ0v) is 15.9. The van der Waals surface area contributed by atoms with Crippen molar-refractivity contribution >= 4 is 17.4 Å². The third-order valence-corrected chi connectivity index (χ3v) is 4.29. The number of rotatable bonds is 7. The van der Waals surface area contributed by atoms with Crippen molar-refractivity contribution in [1.29, 1.82) is 0 Å². The van der Waals surface area contributed by atoms with Gasteiger partial charge in [0, 0.05) is 13.2 Å². The molecule has 0 saturated carbocycles. The van der Waals surface area contributed by atoms with Crippen molar-refractivity contribution < 1.29 is 13.9 Å². The Balaban J connectivity index is 1.66. The lowest BCUT2D eigenvalue weighted by Crippen LogP contribution is -2.31. The molecule has 28 heavy (non-hydrogen) atoms. The number of benzene rings is 2. The fourth-order valence-electron chi connectivity index (χ4n) is 2.69. The van der Waals surface area contributed by atoms with Gasteiger partial charge in [0.2, 0.25) is 0 Å². The van der Waals surface area contributed by atoms with Gasteiger partial charge in [0.25, 0.3) is 5.91 Å². The average Bonchev–Trinajstić information content (AvgIpc) is 2.71. The monoisotopic (exact) mass is 379 g/mol. The Morgan fingerprint density at radius 1 is 1.11 bits per heavy atom. The highest BCUT2D eigenvalue weighted by Crippen LogP contribution is 2.22. The number of aryl methyl sites for hydroxylation is 1. The van der Waals surface area contributed by atoms with Crippen LogP contribution in [0.3, 0.4) is 0 Å². The molecule has 0 atom stereocenters. The molecular formula is C22H22FN3O2. The van der Waals surface area contributed by atoms with Gasteiger partial charge in [0.1, 0.15) is 24.0 Å². The van der Waals surface area contributed by atoms with Crippen LogP contribution in [-0.4, -0.2) is 36.0 Å². The van der Waals surface area contributed by atoms with E-state index in [1.165, 1.54) is 6.07 Å². The van der Waals surface area contributed by atoms with Crippen LogP contribution < -0.4 is 10.1 Å². The average molecular weight is 379 g/mol. The highest BCUT2D eigenvalue weighted by atomic mass is 19.1. The van der Waals surface area contributed by atoms with Crippen LogP contribution in [0.1, 0.15) is 15.9 Å². The van der Waals surface area contributed by atoms with E-state index in [2.05, 4.69) is 10.3 Å². The van der Waals surface area contributed by atoms with Crippen molar-refractivity contribution in [3.63, 3.8) is 0 Å². The topological polar surface area (TPSA) is 54.5 Å². The molecule has 3 aromatic rings. The first-order valence-corrected chi connectivity index (χ1v) is 8.96. The van der Waals surface area contributed by atoms with Gasteiger partial charge in [-0.2, -0.15) is 0 Å². The van der Waals surface area contributed by atoms with Crippen molar-refractivity contribution in [3.05, 3.63) is 83.8 Å². The first-order chi connectivity index (χ1) is 13.6. The molecule has 0 unspecified atom stereocenters. The predicted molar refractivity (Wildman–Crippen MR) is 108 cm³/mol. The molecule has 0 spiro atoms. The molecule has 0 aliphatic heterocycles. The first kappa shape index (κ1) is 19.4. The summed E-state index contributed by atoms with van der Waals surface area (Å²) in [6.45, 7) is 2.74. The molecular weight excluding hydrogens is 357 g/mol. The second-order valence-electron chi connectivity index (χ2n) is 6.35. The van der Waals surface area contributed by atoms with Gasteiger partial charge >= 0.3 is 0 Å². The van der Waals surface area contributed by atoms with Crippen LogP contribution in [0.4, 0.5) is 15.9 Å². The highest BCUT2D eigenvalue weighted by Gasteiger charge is 2.17. The second kappa shape index (κ2) is 8.99. The number of nitrogens with one attached hydrogen (secondary N) is 1. The second-order valence-corrected chi connectivity index (χ2v) is 6.35. The molecule has 0 saturated heterocycles. The molecule has 1 heterocycles. The summed E-state index contributed by atoms with van der Waals surface area (Å²) in [6, 6.07) is 17.3. The number of ether oxygens (including phenoxy) is 1. The van der Waals surface area contributed by atoms with Crippen molar-refractivity contribution in [2.45, 2.75) is 6.92 Å². The van der Waals surface area contributed by atoms with Gasteiger partial charge in [0.05, 0.1) is 17.8 Å². The van der Waals surface area contributed by atoms with Gasteiger partial charge in [-0.25, -0.2) is 9.37 Å². The molecule has 3 rings (SSSR count). The van der Waals surface area contributed by atoms with Crippen LogP contribution in [0.2, 0.25) is 0 Å². The Labute approximate surface area is 163 Å². The summed E-state index contributed by atoms with van der Waals surface area (Å²) in [5, 5.41) is 2.90. The number of para-hydroxylation sites is 2. The summed E-state index contributed by atoms with van der Waals surface area (Å²) in [5.41, 5.74) is 1.67. The number of carbonyl (C=O) groups is 1. The SMILES string of the molecule is Cc1ccccc1OCCN(C)C(=O)c1cccnc1Nc1ccccc1F. The van der Waals surface area contributed by atoms with Gasteiger partial charge < -0.3 is 15.0 Å². The minimum Gasteiger partial charge on any atom is -0.491 e. The number of nitrogens with zero attached hydrogens (tertiary/aromatic N) is 2. The maximum Gasteiger partial charge on any atom is 0.257 e. The zero-order valence-electron chi connectivity index (χ0n) is 15.9. The van der Waals surface area contributed by atoms with Gasteiger partial charge in [-0.15, -0.1) is 0 Å². The maximum atomic E-state index is 13.9. The van der Waals surface area contributed by atoms with E-state index in [0.29, 0.717) is 24.5 Å². The molecule has 2 aromatic carbocycles. The Bertz CT molecular complexity index is 962. The van der Waals surface area contributed by atoms with Gasteiger partial charge in [-0.05, 0) is 42.8 Å². The molecule has 1 aromatic heterocycles. The lowest BCUT2D eigenvalue weighted by molar-refractivity contribution is 0.0774. The minimum atomic E-state index is -0.411. The summed E-state index contributed by atoms with van der Waals surface area (Å²) in [7, 11) is 1.70. The number of hydrogen-bond acceptors (Lipinski definition) is 4. The Morgan fingerprint density at radius 3 is 2.64 bits per heavy atom. The number of halogens is 1. The molecule has 6 heteroatoms. The van der Waals surface area contributed by atoms with E-state index in [1.54, 1.807) is 48.5 Å². The predicted octanol–water partition coefficient (Wildman–Crippen LogP) is 4.42. The third-order valence-electron chi connectivity index (χ3n) is 4.29. The number of aromatic nitrogens is 1. The van der Waals surface area contributed by atoms with Gasteiger partial charge in [-0.1, -0.05) is 30.3 Å². The van der Waals surface area contributed by atoms with Crippen LogP contribution in [0.25, 0.3) is 0 Å². The molecule has 0 aliphatic carbocycles. The number of likely N-dealkylation sites (N-methyl/N-ethyl adjacent to an activating group) is 1. The zero-order chi connectivity index (χ0) is 19.9. The fourth-order valence-corrected chi connectivity index (χ4v) is 2.69. The van der Waals surface area contributed by atoms with Gasteiger partial charge in [0.15, 0.2) is 0 Å². The fraction of sp³-hybridized carbons (Fsp3) is 0.182. The summed E-state index contributed by atoms with van der Waals surface area (Å²) in [4.78, 5) is 18.6. The number of hydrogen-bond donors (Lipinski definition) is 1. The van der Waals surface area contributed by atoms with Crippen LogP contribution in [-0.2, 0) is 0 Å². The standard InChI is InChI=1S/C22H22FN3O2/c1-16-8-3-6-12-20(16)28-15-14-26(2)22(27)17-9-7-13-24-21(17)25-19-11-5-4-10-18(19)23/h3-13H,14-15H2,1-2H3,(H,24,25). The lowest BCUT2D eigenvalue weighted by atomic mass is 10.2. The molecule has 0 fully saturated rings. The van der Waals surface area contributed by atoms with E-state index < -0.39 is 5.82 Å². The van der Waals surface area contributed by atoms with E-state index in [4.69, 9.17) is 4.74 Å². The summed E-state index contributed by atoms with van der Waals surface area (Å²) in [5.74, 6) is 0.475. The number of carbonyl (C=O) groups excluding carboxylic acids is 1. The normalized spacial score (nSPS) is 10.4. The van der Waals surface area contributed by atoms with Crippen molar-refractivity contribution in [1.82, 2.24) is 9.88 Å². The van der Waals surface area contributed by atoms with Crippen LogP contribution >= 0.6 is 0 Å². The smallest absolute Gasteiger partial charge is 0.257 e. The molecule has 0 aliphatic rings. The van der Waals surface area contributed by atoms with E-state index in [-0.39, 0.29) is 11.6 Å². The van der Waals surface area contributed by atoms with Gasteiger partial charge in [-0.3, -0.25) is 4.79 Å². The maximum absolute atomic E-state index is 13.9. The van der Waals surface area contributed by atoms with E-state index in [1.807, 2.05) is 31.2 Å². The molecule has 1 N–H and O–H groups in total. The van der Waals surface area contributed by atoms with Crippen LogP contribution in [0.5, 0.6) is 5.75 Å². The number of pyridine rings is 1. The Hall–Kier alpha value is -3.41. The summed E-state index contributed by atoms with van der Waals surface area (Å²) < 4.78 is 19.7. The highest BCUT2D eigenvalue weighted by molar-refractivity contribution is 5.99.